The van der Waals surface area contributed by atoms with E-state index < -0.39 is 17.8 Å². The van der Waals surface area contributed by atoms with Crippen molar-refractivity contribution >= 4 is 57.1 Å². The van der Waals surface area contributed by atoms with Gasteiger partial charge in [-0.05, 0) is 70.4 Å². The highest BCUT2D eigenvalue weighted by Crippen LogP contribution is 2.38. The number of ether oxygens (including phenoxy) is 2. The van der Waals surface area contributed by atoms with Crippen molar-refractivity contribution in [2.45, 2.75) is 13.5 Å². The van der Waals surface area contributed by atoms with E-state index in [2.05, 4.69) is 21.2 Å². The van der Waals surface area contributed by atoms with Gasteiger partial charge in [0.05, 0.1) is 17.3 Å². The van der Waals surface area contributed by atoms with Gasteiger partial charge in [-0.25, -0.2) is 9.69 Å². The Balaban J connectivity index is 1.64. The van der Waals surface area contributed by atoms with E-state index in [1.807, 2.05) is 31.2 Å². The predicted octanol–water partition coefficient (Wildman–Crippen LogP) is 5.66. The third-order valence-electron chi connectivity index (χ3n) is 5.20. The number of imide groups is 2. The lowest BCUT2D eigenvalue weighted by molar-refractivity contribution is -0.122. The lowest BCUT2D eigenvalue weighted by atomic mass is 10.1. The summed E-state index contributed by atoms with van der Waals surface area (Å²) in [5.74, 6) is -0.680. The number of aryl methyl sites for hydroxylation is 1. The second kappa shape index (κ2) is 10.3. The number of halogens is 2. The van der Waals surface area contributed by atoms with Crippen LogP contribution in [0.4, 0.5) is 10.5 Å². The molecule has 1 fully saturated rings. The normalized spacial score (nSPS) is 14.8. The molecule has 178 valence electrons. The summed E-state index contributed by atoms with van der Waals surface area (Å²) in [4.78, 5) is 38.9. The molecule has 0 bridgehead atoms. The number of carbonyl (C=O) groups is 3. The van der Waals surface area contributed by atoms with Gasteiger partial charge in [0.15, 0.2) is 11.5 Å². The average Bonchev–Trinajstić information content (AvgIpc) is 2.80. The SMILES string of the molecule is COc1cc(/C=C2\C(=O)NC(=O)N(c3cccc(Cl)c3)C2=O)cc(Br)c1OCc1cccc(C)c1. The number of barbiturate groups is 1. The maximum absolute atomic E-state index is 13.1. The Bertz CT molecular complexity index is 1370. The number of hydrogen-bond acceptors (Lipinski definition) is 5. The van der Waals surface area contributed by atoms with E-state index in [1.54, 1.807) is 30.3 Å². The summed E-state index contributed by atoms with van der Waals surface area (Å²) < 4.78 is 12.0. The highest BCUT2D eigenvalue weighted by molar-refractivity contribution is 9.10. The summed E-state index contributed by atoms with van der Waals surface area (Å²) >= 11 is 9.50. The number of benzene rings is 3. The first kappa shape index (κ1) is 24.5. The van der Waals surface area contributed by atoms with Gasteiger partial charge in [0, 0.05) is 5.02 Å². The molecule has 4 rings (SSSR count). The van der Waals surface area contributed by atoms with E-state index in [0.29, 0.717) is 33.2 Å². The van der Waals surface area contributed by atoms with E-state index >= 15 is 0 Å². The molecule has 4 amide bonds. The lowest BCUT2D eigenvalue weighted by Gasteiger charge is -2.26. The lowest BCUT2D eigenvalue weighted by Crippen LogP contribution is -2.54. The molecule has 3 aromatic carbocycles. The molecular weight excluding hydrogens is 536 g/mol. The summed E-state index contributed by atoms with van der Waals surface area (Å²) in [6.07, 6.45) is 1.39. The molecular formula is C26H20BrClN2O5. The zero-order valence-corrected chi connectivity index (χ0v) is 21.1. The van der Waals surface area contributed by atoms with Gasteiger partial charge in [-0.1, -0.05) is 47.5 Å². The first-order chi connectivity index (χ1) is 16.8. The number of nitrogens with one attached hydrogen (secondary N) is 1. The third kappa shape index (κ3) is 5.39. The molecule has 3 aromatic rings. The largest absolute Gasteiger partial charge is 0.493 e. The van der Waals surface area contributed by atoms with Crippen LogP contribution < -0.4 is 19.7 Å². The number of carbonyl (C=O) groups excluding carboxylic acids is 3. The monoisotopic (exact) mass is 554 g/mol. The average molecular weight is 556 g/mol. The summed E-state index contributed by atoms with van der Waals surface area (Å²) in [6, 6.07) is 16.7. The quantitative estimate of drug-likeness (QED) is 0.313. The number of rotatable bonds is 6. The van der Waals surface area contributed by atoms with Crippen molar-refractivity contribution in [1.82, 2.24) is 5.32 Å². The molecule has 0 aliphatic carbocycles. The third-order valence-corrected chi connectivity index (χ3v) is 6.02. The van der Waals surface area contributed by atoms with Gasteiger partial charge < -0.3 is 9.47 Å². The van der Waals surface area contributed by atoms with Crippen LogP contribution in [0.3, 0.4) is 0 Å². The Hall–Kier alpha value is -3.62. The first-order valence-corrected chi connectivity index (χ1v) is 11.7. The van der Waals surface area contributed by atoms with Crippen molar-refractivity contribution in [3.63, 3.8) is 0 Å². The fourth-order valence-electron chi connectivity index (χ4n) is 3.59. The van der Waals surface area contributed by atoms with Crippen molar-refractivity contribution in [2.75, 3.05) is 12.0 Å². The van der Waals surface area contributed by atoms with Crippen LogP contribution in [-0.2, 0) is 16.2 Å². The van der Waals surface area contributed by atoms with Gasteiger partial charge in [0.1, 0.15) is 12.2 Å². The van der Waals surface area contributed by atoms with Gasteiger partial charge in [0.2, 0.25) is 0 Å². The van der Waals surface area contributed by atoms with Gasteiger partial charge in [-0.15, -0.1) is 0 Å². The van der Waals surface area contributed by atoms with Gasteiger partial charge in [-0.3, -0.25) is 14.9 Å². The Labute approximate surface area is 215 Å². The second-order valence-corrected chi connectivity index (χ2v) is 9.04. The molecule has 35 heavy (non-hydrogen) atoms. The molecule has 1 saturated heterocycles. The Morgan fingerprint density at radius 2 is 1.83 bits per heavy atom. The van der Waals surface area contributed by atoms with E-state index in [9.17, 15) is 14.4 Å². The molecule has 7 nitrogen and oxygen atoms in total. The zero-order valence-electron chi connectivity index (χ0n) is 18.8. The smallest absolute Gasteiger partial charge is 0.335 e. The minimum atomic E-state index is -0.849. The van der Waals surface area contributed by atoms with Crippen LogP contribution in [0.2, 0.25) is 5.02 Å². The van der Waals surface area contributed by atoms with E-state index in [-0.39, 0.29) is 11.3 Å². The van der Waals surface area contributed by atoms with Crippen LogP contribution in [0.25, 0.3) is 6.08 Å². The van der Waals surface area contributed by atoms with Crippen LogP contribution in [-0.4, -0.2) is 25.0 Å². The van der Waals surface area contributed by atoms with E-state index in [0.717, 1.165) is 16.0 Å². The van der Waals surface area contributed by atoms with Crippen LogP contribution in [0.5, 0.6) is 11.5 Å². The van der Waals surface area contributed by atoms with Crippen LogP contribution in [0, 0.1) is 6.92 Å². The van der Waals surface area contributed by atoms with Crippen molar-refractivity contribution < 1.29 is 23.9 Å². The second-order valence-electron chi connectivity index (χ2n) is 7.75. The van der Waals surface area contributed by atoms with Crippen molar-refractivity contribution in [3.05, 3.63) is 92.4 Å². The number of nitrogens with zero attached hydrogens (tertiary/aromatic N) is 1. The molecule has 9 heteroatoms. The zero-order chi connectivity index (χ0) is 25.1. The summed E-state index contributed by atoms with van der Waals surface area (Å²) in [5, 5.41) is 2.54. The van der Waals surface area contributed by atoms with E-state index in [1.165, 1.54) is 19.3 Å². The molecule has 0 spiro atoms. The minimum Gasteiger partial charge on any atom is -0.493 e. The fraction of sp³-hybridized carbons (Fsp3) is 0.115. The molecule has 1 N–H and O–H groups in total. The number of amides is 4. The Kier molecular flexibility index (Phi) is 7.23. The van der Waals surface area contributed by atoms with Crippen LogP contribution in [0.1, 0.15) is 16.7 Å². The molecule has 1 heterocycles. The topological polar surface area (TPSA) is 84.9 Å². The predicted molar refractivity (Wildman–Crippen MR) is 137 cm³/mol. The maximum Gasteiger partial charge on any atom is 0.335 e. The minimum absolute atomic E-state index is 0.216. The number of anilines is 1. The molecule has 1 aliphatic heterocycles. The fourth-order valence-corrected chi connectivity index (χ4v) is 4.35. The highest BCUT2D eigenvalue weighted by Gasteiger charge is 2.37. The van der Waals surface area contributed by atoms with Crippen LogP contribution in [0.15, 0.2) is 70.7 Å². The van der Waals surface area contributed by atoms with Crippen molar-refractivity contribution in [3.8, 4) is 11.5 Å². The number of urea groups is 1. The highest BCUT2D eigenvalue weighted by atomic mass is 79.9. The molecule has 0 unspecified atom stereocenters. The van der Waals surface area contributed by atoms with Crippen LogP contribution >= 0.6 is 27.5 Å². The van der Waals surface area contributed by atoms with Crippen molar-refractivity contribution in [2.24, 2.45) is 0 Å². The standard InChI is InChI=1S/C26H20BrClN2O5/c1-15-5-3-6-16(9-15)14-35-23-21(27)11-17(12-22(23)34-2)10-20-24(31)29-26(33)30(25(20)32)19-8-4-7-18(28)13-19/h3-13H,14H2,1-2H3,(H,29,31,33)/b20-10+. The van der Waals surface area contributed by atoms with Gasteiger partial charge in [0.25, 0.3) is 11.8 Å². The van der Waals surface area contributed by atoms with Gasteiger partial charge in [-0.2, -0.15) is 0 Å². The number of methoxy groups -OCH3 is 1. The molecule has 1 aliphatic rings. The summed E-state index contributed by atoms with van der Waals surface area (Å²) in [7, 11) is 1.50. The number of hydrogen-bond donors (Lipinski definition) is 1. The Morgan fingerprint density at radius 3 is 2.54 bits per heavy atom. The Morgan fingerprint density at radius 1 is 1.06 bits per heavy atom. The van der Waals surface area contributed by atoms with Gasteiger partial charge >= 0.3 is 6.03 Å². The maximum atomic E-state index is 13.1. The molecule has 0 radical (unpaired) electrons. The summed E-state index contributed by atoms with van der Waals surface area (Å²) in [5.41, 5.74) is 2.65. The first-order valence-electron chi connectivity index (χ1n) is 10.5. The molecule has 0 saturated carbocycles. The van der Waals surface area contributed by atoms with Crippen molar-refractivity contribution in [1.29, 1.82) is 0 Å². The van der Waals surface area contributed by atoms with E-state index in [4.69, 9.17) is 21.1 Å². The summed E-state index contributed by atoms with van der Waals surface area (Å²) in [6.45, 7) is 2.33. The molecule has 0 aromatic heterocycles. The molecule has 0 atom stereocenters.